The van der Waals surface area contributed by atoms with Gasteiger partial charge in [-0.05, 0) is 38.1 Å². The second-order valence-corrected chi connectivity index (χ2v) is 5.85. The van der Waals surface area contributed by atoms with Crippen LogP contribution in [-0.2, 0) is 4.79 Å². The molecule has 6 nitrogen and oxygen atoms in total. The Balaban J connectivity index is 1.76. The van der Waals surface area contributed by atoms with E-state index in [1.54, 1.807) is 38.3 Å². The Morgan fingerprint density at radius 2 is 1.81 bits per heavy atom. The number of ether oxygens (including phenoxy) is 2. The number of rotatable bonds is 8. The summed E-state index contributed by atoms with van der Waals surface area (Å²) >= 11 is 0. The predicted molar refractivity (Wildman–Crippen MR) is 99.6 cm³/mol. The van der Waals surface area contributed by atoms with Crippen LogP contribution in [0.25, 0.3) is 0 Å². The standard InChI is InChI=1S/C20H24N2O4/c1-14-7-6-8-16(13-14)20(24)22-15(2)19(23)21-11-12-26-18-10-5-4-9-17(18)25-3/h4-10,13,15H,11-12H2,1-3H3,(H,21,23)(H,22,24). The minimum atomic E-state index is -0.644. The molecule has 0 heterocycles. The molecule has 0 aliphatic rings. The topological polar surface area (TPSA) is 76.7 Å². The van der Waals surface area contributed by atoms with E-state index in [4.69, 9.17) is 9.47 Å². The summed E-state index contributed by atoms with van der Waals surface area (Å²) in [5.74, 6) is 0.707. The molecule has 138 valence electrons. The molecule has 2 N–H and O–H groups in total. The fourth-order valence-corrected chi connectivity index (χ4v) is 2.36. The number of hydrogen-bond donors (Lipinski definition) is 2. The van der Waals surface area contributed by atoms with Crippen LogP contribution in [0.4, 0.5) is 0 Å². The number of methoxy groups -OCH3 is 1. The largest absolute Gasteiger partial charge is 0.493 e. The maximum atomic E-state index is 12.2. The highest BCUT2D eigenvalue weighted by atomic mass is 16.5. The third-order valence-corrected chi connectivity index (χ3v) is 3.75. The van der Waals surface area contributed by atoms with E-state index < -0.39 is 6.04 Å². The number of carbonyl (C=O) groups is 2. The third-order valence-electron chi connectivity index (χ3n) is 3.75. The van der Waals surface area contributed by atoms with Gasteiger partial charge in [-0.3, -0.25) is 9.59 Å². The zero-order valence-electron chi connectivity index (χ0n) is 15.2. The Labute approximate surface area is 153 Å². The molecule has 0 bridgehead atoms. The summed E-state index contributed by atoms with van der Waals surface area (Å²) in [4.78, 5) is 24.3. The molecule has 0 fully saturated rings. The molecule has 0 aliphatic heterocycles. The highest BCUT2D eigenvalue weighted by Gasteiger charge is 2.16. The van der Waals surface area contributed by atoms with Gasteiger partial charge in [-0.15, -0.1) is 0 Å². The summed E-state index contributed by atoms with van der Waals surface area (Å²) in [6.07, 6.45) is 0. The summed E-state index contributed by atoms with van der Waals surface area (Å²) in [6.45, 7) is 4.17. The van der Waals surface area contributed by atoms with Crippen LogP contribution in [0.5, 0.6) is 11.5 Å². The van der Waals surface area contributed by atoms with Crippen LogP contribution in [0, 0.1) is 6.92 Å². The Kier molecular flexibility index (Phi) is 7.02. The van der Waals surface area contributed by atoms with Crippen molar-refractivity contribution in [1.29, 1.82) is 0 Å². The first kappa shape index (κ1) is 19.3. The molecule has 0 aliphatic carbocycles. The molecule has 1 atom stereocenters. The number of nitrogens with one attached hydrogen (secondary N) is 2. The van der Waals surface area contributed by atoms with Crippen molar-refractivity contribution in [2.75, 3.05) is 20.3 Å². The molecule has 0 aromatic heterocycles. The number of amides is 2. The zero-order valence-corrected chi connectivity index (χ0v) is 15.2. The maximum absolute atomic E-state index is 12.2. The lowest BCUT2D eigenvalue weighted by Crippen LogP contribution is -2.45. The molecule has 0 radical (unpaired) electrons. The van der Waals surface area contributed by atoms with Crippen LogP contribution < -0.4 is 20.1 Å². The van der Waals surface area contributed by atoms with Crippen molar-refractivity contribution in [3.63, 3.8) is 0 Å². The first-order chi connectivity index (χ1) is 12.5. The summed E-state index contributed by atoms with van der Waals surface area (Å²) in [7, 11) is 1.57. The number of para-hydroxylation sites is 2. The van der Waals surface area contributed by atoms with Gasteiger partial charge in [0.15, 0.2) is 11.5 Å². The van der Waals surface area contributed by atoms with E-state index >= 15 is 0 Å². The predicted octanol–water partition coefficient (Wildman–Crippen LogP) is 2.32. The molecule has 0 saturated heterocycles. The van der Waals surface area contributed by atoms with Crippen LogP contribution in [0.3, 0.4) is 0 Å². The molecule has 2 aromatic carbocycles. The molecule has 2 amide bonds. The van der Waals surface area contributed by atoms with Gasteiger partial charge in [-0.1, -0.05) is 29.8 Å². The second-order valence-electron chi connectivity index (χ2n) is 5.85. The van der Waals surface area contributed by atoms with Crippen molar-refractivity contribution in [3.05, 3.63) is 59.7 Å². The van der Waals surface area contributed by atoms with Crippen molar-refractivity contribution in [2.45, 2.75) is 19.9 Å². The molecular weight excluding hydrogens is 332 g/mol. The molecule has 0 saturated carbocycles. The lowest BCUT2D eigenvalue weighted by molar-refractivity contribution is -0.122. The monoisotopic (exact) mass is 356 g/mol. The summed E-state index contributed by atoms with van der Waals surface area (Å²) < 4.78 is 10.8. The smallest absolute Gasteiger partial charge is 0.251 e. The summed E-state index contributed by atoms with van der Waals surface area (Å²) in [5.41, 5.74) is 1.52. The van der Waals surface area contributed by atoms with E-state index in [1.807, 2.05) is 31.2 Å². The van der Waals surface area contributed by atoms with Gasteiger partial charge >= 0.3 is 0 Å². The van der Waals surface area contributed by atoms with Gasteiger partial charge in [0.2, 0.25) is 5.91 Å². The number of benzene rings is 2. The first-order valence-corrected chi connectivity index (χ1v) is 8.42. The average molecular weight is 356 g/mol. The Bertz CT molecular complexity index is 761. The Morgan fingerprint density at radius 1 is 1.08 bits per heavy atom. The van der Waals surface area contributed by atoms with E-state index in [9.17, 15) is 9.59 Å². The quantitative estimate of drug-likeness (QED) is 0.712. The fourth-order valence-electron chi connectivity index (χ4n) is 2.36. The van der Waals surface area contributed by atoms with Crippen molar-refractivity contribution >= 4 is 11.8 Å². The third kappa shape index (κ3) is 5.51. The van der Waals surface area contributed by atoms with Gasteiger partial charge < -0.3 is 20.1 Å². The molecular formula is C20H24N2O4. The van der Waals surface area contributed by atoms with Gasteiger partial charge in [0, 0.05) is 5.56 Å². The minimum Gasteiger partial charge on any atom is -0.493 e. The Hall–Kier alpha value is -3.02. The van der Waals surface area contributed by atoms with E-state index in [0.717, 1.165) is 5.56 Å². The SMILES string of the molecule is COc1ccccc1OCCNC(=O)C(C)NC(=O)c1cccc(C)c1. The van der Waals surface area contributed by atoms with Crippen LogP contribution in [0.2, 0.25) is 0 Å². The van der Waals surface area contributed by atoms with E-state index in [1.165, 1.54) is 0 Å². The summed E-state index contributed by atoms with van der Waals surface area (Å²) in [6, 6.07) is 13.9. The van der Waals surface area contributed by atoms with Crippen molar-refractivity contribution in [3.8, 4) is 11.5 Å². The van der Waals surface area contributed by atoms with Gasteiger partial charge in [0.1, 0.15) is 12.6 Å². The molecule has 2 aromatic rings. The van der Waals surface area contributed by atoms with E-state index in [-0.39, 0.29) is 11.8 Å². The second kappa shape index (κ2) is 9.46. The highest BCUT2D eigenvalue weighted by Crippen LogP contribution is 2.25. The Morgan fingerprint density at radius 3 is 2.50 bits per heavy atom. The number of carbonyl (C=O) groups excluding carboxylic acids is 2. The molecule has 2 rings (SSSR count). The van der Waals surface area contributed by atoms with Crippen LogP contribution >= 0.6 is 0 Å². The highest BCUT2D eigenvalue weighted by molar-refractivity contribution is 5.97. The normalized spacial score (nSPS) is 11.3. The lowest BCUT2D eigenvalue weighted by Gasteiger charge is -2.15. The van der Waals surface area contributed by atoms with Gasteiger partial charge in [0.25, 0.3) is 5.91 Å². The van der Waals surface area contributed by atoms with Crippen LogP contribution in [-0.4, -0.2) is 38.1 Å². The van der Waals surface area contributed by atoms with Crippen molar-refractivity contribution in [1.82, 2.24) is 10.6 Å². The average Bonchev–Trinajstić information content (AvgIpc) is 2.65. The number of aryl methyl sites for hydroxylation is 1. The zero-order chi connectivity index (χ0) is 18.9. The van der Waals surface area contributed by atoms with E-state index in [0.29, 0.717) is 30.2 Å². The fraction of sp³-hybridized carbons (Fsp3) is 0.300. The van der Waals surface area contributed by atoms with Crippen LogP contribution in [0.15, 0.2) is 48.5 Å². The molecule has 26 heavy (non-hydrogen) atoms. The maximum Gasteiger partial charge on any atom is 0.251 e. The van der Waals surface area contributed by atoms with Gasteiger partial charge in [-0.25, -0.2) is 0 Å². The lowest BCUT2D eigenvalue weighted by atomic mass is 10.1. The molecule has 0 spiro atoms. The van der Waals surface area contributed by atoms with Crippen LogP contribution in [0.1, 0.15) is 22.8 Å². The summed E-state index contributed by atoms with van der Waals surface area (Å²) in [5, 5.41) is 5.43. The molecule has 6 heteroatoms. The van der Waals surface area contributed by atoms with Crippen molar-refractivity contribution in [2.24, 2.45) is 0 Å². The number of hydrogen-bond acceptors (Lipinski definition) is 4. The first-order valence-electron chi connectivity index (χ1n) is 8.42. The van der Waals surface area contributed by atoms with Gasteiger partial charge in [0.05, 0.1) is 13.7 Å². The van der Waals surface area contributed by atoms with Crippen molar-refractivity contribution < 1.29 is 19.1 Å². The van der Waals surface area contributed by atoms with E-state index in [2.05, 4.69) is 10.6 Å². The van der Waals surface area contributed by atoms with Gasteiger partial charge in [-0.2, -0.15) is 0 Å². The molecule has 1 unspecified atom stereocenters. The minimum absolute atomic E-state index is 0.269.